The summed E-state index contributed by atoms with van der Waals surface area (Å²) in [6.45, 7) is 1.76. The van der Waals surface area contributed by atoms with E-state index >= 15 is 0 Å². The van der Waals surface area contributed by atoms with E-state index in [-0.39, 0.29) is 29.4 Å². The average Bonchev–Trinajstić information content (AvgIpc) is 3.12. The quantitative estimate of drug-likeness (QED) is 0.838. The first-order valence-corrected chi connectivity index (χ1v) is 9.38. The van der Waals surface area contributed by atoms with Crippen LogP contribution in [0.25, 0.3) is 11.3 Å². The number of anilines is 1. The molecule has 0 aliphatic carbocycles. The summed E-state index contributed by atoms with van der Waals surface area (Å²) in [7, 11) is 1.78. The zero-order chi connectivity index (χ0) is 19.9. The summed E-state index contributed by atoms with van der Waals surface area (Å²) in [5, 5.41) is 14.4. The van der Waals surface area contributed by atoms with Crippen LogP contribution in [0.1, 0.15) is 23.2 Å². The molecule has 2 aromatic rings. The number of carboxylic acids is 1. The predicted octanol–water partition coefficient (Wildman–Crippen LogP) is 2.52. The van der Waals surface area contributed by atoms with Crippen molar-refractivity contribution in [1.82, 2.24) is 10.1 Å². The van der Waals surface area contributed by atoms with Gasteiger partial charge in [0.2, 0.25) is 5.91 Å². The molecule has 2 saturated heterocycles. The molecule has 3 heterocycles. The molecule has 1 amide bonds. The Morgan fingerprint density at radius 3 is 2.54 bits per heavy atom. The van der Waals surface area contributed by atoms with E-state index in [0.29, 0.717) is 48.9 Å². The number of halogens is 1. The lowest BCUT2D eigenvalue weighted by molar-refractivity contribution is -0.164. The van der Waals surface area contributed by atoms with Crippen LogP contribution in [-0.2, 0) is 9.53 Å². The second kappa shape index (κ2) is 7.10. The summed E-state index contributed by atoms with van der Waals surface area (Å²) >= 11 is 5.91. The number of likely N-dealkylation sites (N-methyl/N-ethyl adjacent to an activating group) is 1. The third-order valence-corrected chi connectivity index (χ3v) is 5.67. The molecule has 0 saturated carbocycles. The Morgan fingerprint density at radius 2 is 1.93 bits per heavy atom. The smallest absolute Gasteiger partial charge is 0.343 e. The summed E-state index contributed by atoms with van der Waals surface area (Å²) < 4.78 is 11.3. The van der Waals surface area contributed by atoms with E-state index < -0.39 is 5.97 Å². The second-order valence-electron chi connectivity index (χ2n) is 7.23. The van der Waals surface area contributed by atoms with Crippen molar-refractivity contribution in [3.8, 4) is 11.3 Å². The molecule has 2 fully saturated rings. The molecule has 0 atom stereocenters. The minimum atomic E-state index is -1.10. The summed E-state index contributed by atoms with van der Waals surface area (Å²) in [6, 6.07) is 6.75. The van der Waals surface area contributed by atoms with Crippen molar-refractivity contribution in [2.24, 2.45) is 0 Å². The summed E-state index contributed by atoms with van der Waals surface area (Å²) in [6.07, 6.45) is 1.35. The number of aromatic carboxylic acids is 1. The number of amides is 1. The number of morpholine rings is 1. The molecule has 4 rings (SSSR count). The van der Waals surface area contributed by atoms with Crippen molar-refractivity contribution in [3.05, 3.63) is 34.9 Å². The van der Waals surface area contributed by atoms with Gasteiger partial charge < -0.3 is 24.2 Å². The lowest BCUT2D eigenvalue weighted by Gasteiger charge is -2.46. The molecule has 2 aliphatic rings. The zero-order valence-electron chi connectivity index (χ0n) is 15.4. The highest BCUT2D eigenvalue weighted by molar-refractivity contribution is 6.30. The number of hydrogen-bond acceptors (Lipinski definition) is 6. The molecule has 0 radical (unpaired) electrons. The van der Waals surface area contributed by atoms with Crippen molar-refractivity contribution in [3.63, 3.8) is 0 Å². The molecule has 0 unspecified atom stereocenters. The Morgan fingerprint density at radius 1 is 1.25 bits per heavy atom. The maximum absolute atomic E-state index is 11.9. The Kier molecular flexibility index (Phi) is 4.76. The van der Waals surface area contributed by atoms with Crippen LogP contribution in [0.5, 0.6) is 0 Å². The van der Waals surface area contributed by atoms with Crippen LogP contribution >= 0.6 is 11.6 Å². The number of carbonyl (C=O) groups excluding carboxylic acids is 1. The van der Waals surface area contributed by atoms with E-state index in [0.717, 1.165) is 0 Å². The molecule has 8 nitrogen and oxygen atoms in total. The lowest BCUT2D eigenvalue weighted by Crippen LogP contribution is -2.57. The standard InChI is InChI=1S/C19H20ClN3O5/c1-22-11-19(27-10-14(22)24)6-8-23(9-7-19)17-15(18(25)26)16(28-21-17)12-2-4-13(20)5-3-12/h2-5H,6-11H2,1H3,(H,25,26). The van der Waals surface area contributed by atoms with Gasteiger partial charge in [-0.05, 0) is 37.1 Å². The molecule has 0 bridgehead atoms. The fraction of sp³-hybridized carbons (Fsp3) is 0.421. The van der Waals surface area contributed by atoms with E-state index in [9.17, 15) is 14.7 Å². The van der Waals surface area contributed by atoms with Crippen LogP contribution in [0.3, 0.4) is 0 Å². The third-order valence-electron chi connectivity index (χ3n) is 5.42. The monoisotopic (exact) mass is 405 g/mol. The first kappa shape index (κ1) is 18.8. The van der Waals surface area contributed by atoms with E-state index in [2.05, 4.69) is 5.16 Å². The van der Waals surface area contributed by atoms with Crippen LogP contribution in [0.15, 0.2) is 28.8 Å². The van der Waals surface area contributed by atoms with Crippen molar-refractivity contribution in [2.75, 3.05) is 38.2 Å². The molecule has 9 heteroatoms. The van der Waals surface area contributed by atoms with Gasteiger partial charge in [0.1, 0.15) is 6.61 Å². The van der Waals surface area contributed by atoms with Gasteiger partial charge in [-0.3, -0.25) is 4.79 Å². The van der Waals surface area contributed by atoms with E-state index in [4.69, 9.17) is 20.9 Å². The van der Waals surface area contributed by atoms with Gasteiger partial charge in [-0.2, -0.15) is 0 Å². The lowest BCUT2D eigenvalue weighted by atomic mass is 9.89. The number of carboxylic acid groups (broad SMARTS) is 1. The van der Waals surface area contributed by atoms with E-state index in [1.165, 1.54) is 0 Å². The highest BCUT2D eigenvalue weighted by Gasteiger charge is 2.42. The maximum Gasteiger partial charge on any atom is 0.343 e. The number of rotatable bonds is 3. The van der Waals surface area contributed by atoms with Gasteiger partial charge in [0, 0.05) is 37.3 Å². The first-order valence-electron chi connectivity index (χ1n) is 9.00. The number of benzene rings is 1. The van der Waals surface area contributed by atoms with Crippen LogP contribution in [0, 0.1) is 0 Å². The van der Waals surface area contributed by atoms with Gasteiger partial charge in [-0.15, -0.1) is 0 Å². The Balaban J connectivity index is 1.56. The highest BCUT2D eigenvalue weighted by Crippen LogP contribution is 2.36. The van der Waals surface area contributed by atoms with Crippen LogP contribution in [0.2, 0.25) is 5.02 Å². The number of ether oxygens (including phenoxy) is 1. The van der Waals surface area contributed by atoms with Gasteiger partial charge in [0.25, 0.3) is 0 Å². The van der Waals surface area contributed by atoms with Crippen LogP contribution in [-0.4, -0.2) is 65.9 Å². The number of aromatic nitrogens is 1. The van der Waals surface area contributed by atoms with Crippen molar-refractivity contribution in [1.29, 1.82) is 0 Å². The second-order valence-corrected chi connectivity index (χ2v) is 7.67. The minimum absolute atomic E-state index is 0.0228. The SMILES string of the molecule is CN1CC2(CCN(c3noc(-c4ccc(Cl)cc4)c3C(=O)O)CC2)OCC1=O. The number of nitrogens with zero attached hydrogens (tertiary/aromatic N) is 3. The Labute approximate surface area is 166 Å². The van der Waals surface area contributed by atoms with Crippen molar-refractivity contribution in [2.45, 2.75) is 18.4 Å². The number of piperidine rings is 1. The third kappa shape index (κ3) is 3.33. The average molecular weight is 406 g/mol. The van der Waals surface area contributed by atoms with E-state index in [1.54, 1.807) is 36.2 Å². The molecule has 148 valence electrons. The normalized spacial score (nSPS) is 19.3. The predicted molar refractivity (Wildman–Crippen MR) is 102 cm³/mol. The Hall–Kier alpha value is -2.58. The topological polar surface area (TPSA) is 96.1 Å². The Bertz CT molecular complexity index is 903. The molecule has 28 heavy (non-hydrogen) atoms. The molecule has 2 aliphatic heterocycles. The molecule has 1 aromatic carbocycles. The largest absolute Gasteiger partial charge is 0.477 e. The summed E-state index contributed by atoms with van der Waals surface area (Å²) in [5.74, 6) is -0.600. The highest BCUT2D eigenvalue weighted by atomic mass is 35.5. The van der Waals surface area contributed by atoms with E-state index in [1.807, 2.05) is 4.90 Å². The van der Waals surface area contributed by atoms with Crippen molar-refractivity contribution >= 4 is 29.3 Å². The van der Waals surface area contributed by atoms with Gasteiger partial charge >= 0.3 is 5.97 Å². The fourth-order valence-electron chi connectivity index (χ4n) is 3.81. The number of hydrogen-bond donors (Lipinski definition) is 1. The fourth-order valence-corrected chi connectivity index (χ4v) is 3.93. The zero-order valence-corrected chi connectivity index (χ0v) is 16.1. The first-order chi connectivity index (χ1) is 13.4. The van der Waals surface area contributed by atoms with Gasteiger partial charge in [0.15, 0.2) is 17.1 Å². The molecular weight excluding hydrogens is 386 g/mol. The molecular formula is C19H20ClN3O5. The summed E-state index contributed by atoms with van der Waals surface area (Å²) in [5.41, 5.74) is 0.255. The van der Waals surface area contributed by atoms with Gasteiger partial charge in [0.05, 0.1) is 5.60 Å². The summed E-state index contributed by atoms with van der Waals surface area (Å²) in [4.78, 5) is 27.2. The maximum atomic E-state index is 11.9. The number of carbonyl (C=O) groups is 2. The molecule has 1 aromatic heterocycles. The van der Waals surface area contributed by atoms with Crippen molar-refractivity contribution < 1.29 is 24.0 Å². The van der Waals surface area contributed by atoms with Gasteiger partial charge in [-0.25, -0.2) is 4.79 Å². The van der Waals surface area contributed by atoms with Crippen LogP contribution < -0.4 is 4.90 Å². The van der Waals surface area contributed by atoms with Crippen LogP contribution in [0.4, 0.5) is 5.82 Å². The molecule has 1 spiro atoms. The minimum Gasteiger partial charge on any atom is -0.477 e. The van der Waals surface area contributed by atoms with Gasteiger partial charge in [-0.1, -0.05) is 16.8 Å². The molecule has 1 N–H and O–H groups in total.